The van der Waals surface area contributed by atoms with Crippen molar-refractivity contribution in [3.63, 3.8) is 0 Å². The number of carbonyl (C=O) groups is 2. The topological polar surface area (TPSA) is 123 Å². The van der Waals surface area contributed by atoms with Crippen molar-refractivity contribution in [2.24, 2.45) is 0 Å². The van der Waals surface area contributed by atoms with Gasteiger partial charge in [0, 0.05) is 0 Å². The monoisotopic (exact) mass is 548 g/mol. The van der Waals surface area contributed by atoms with E-state index in [0.717, 1.165) is 0 Å². The molecule has 0 aliphatic carbocycles. The molecule has 3 N–H and O–H groups in total. The predicted octanol–water partition coefficient (Wildman–Crippen LogP) is 4.77. The fourth-order valence-electron chi connectivity index (χ4n) is 2.10. The first-order valence-electron chi connectivity index (χ1n) is 8.87. The zero-order valence-corrected chi connectivity index (χ0v) is 19.7. The SMILES string of the molecule is CCOC(=O)c1cc(O)c(Br)c(O)c1.CCOC(=O)c1cc(O)c(Br)c(OCC)c1. The molecule has 0 amide bonds. The normalized spacial score (nSPS) is 9.90. The lowest BCUT2D eigenvalue weighted by Crippen LogP contribution is -2.05. The van der Waals surface area contributed by atoms with Crippen LogP contribution < -0.4 is 4.74 Å². The molecule has 0 heterocycles. The Morgan fingerprint density at radius 1 is 0.733 bits per heavy atom. The van der Waals surface area contributed by atoms with Crippen LogP contribution in [-0.4, -0.2) is 47.1 Å². The summed E-state index contributed by atoms with van der Waals surface area (Å²) in [5, 5.41) is 28.2. The zero-order valence-electron chi connectivity index (χ0n) is 16.6. The van der Waals surface area contributed by atoms with E-state index >= 15 is 0 Å². The van der Waals surface area contributed by atoms with E-state index in [-0.39, 0.29) is 39.5 Å². The lowest BCUT2D eigenvalue weighted by molar-refractivity contribution is 0.0516. The van der Waals surface area contributed by atoms with Crippen molar-refractivity contribution >= 4 is 43.8 Å². The maximum Gasteiger partial charge on any atom is 0.338 e. The van der Waals surface area contributed by atoms with Gasteiger partial charge in [0.25, 0.3) is 0 Å². The summed E-state index contributed by atoms with van der Waals surface area (Å²) >= 11 is 6.13. The molecule has 0 unspecified atom stereocenters. The molecule has 164 valence electrons. The van der Waals surface area contributed by atoms with Crippen LogP contribution in [0.2, 0.25) is 0 Å². The van der Waals surface area contributed by atoms with Gasteiger partial charge in [0.1, 0.15) is 31.9 Å². The summed E-state index contributed by atoms with van der Waals surface area (Å²) in [6.07, 6.45) is 0. The van der Waals surface area contributed by atoms with E-state index in [1.165, 1.54) is 24.3 Å². The predicted molar refractivity (Wildman–Crippen MR) is 116 cm³/mol. The summed E-state index contributed by atoms with van der Waals surface area (Å²) in [5.41, 5.74) is 0.385. The van der Waals surface area contributed by atoms with Crippen molar-refractivity contribution in [2.75, 3.05) is 19.8 Å². The van der Waals surface area contributed by atoms with E-state index < -0.39 is 11.9 Å². The first-order chi connectivity index (χ1) is 14.2. The molecule has 8 nitrogen and oxygen atoms in total. The van der Waals surface area contributed by atoms with Gasteiger partial charge < -0.3 is 29.5 Å². The average molecular weight is 550 g/mol. The van der Waals surface area contributed by atoms with Gasteiger partial charge in [-0.25, -0.2) is 9.59 Å². The highest BCUT2D eigenvalue weighted by molar-refractivity contribution is 9.11. The molecule has 2 aromatic rings. The maximum atomic E-state index is 11.5. The summed E-state index contributed by atoms with van der Waals surface area (Å²) in [4.78, 5) is 22.7. The summed E-state index contributed by atoms with van der Waals surface area (Å²) < 4.78 is 15.4. The number of esters is 2. The lowest BCUT2D eigenvalue weighted by Gasteiger charge is -2.09. The van der Waals surface area contributed by atoms with Gasteiger partial charge in [-0.3, -0.25) is 0 Å². The molecule has 0 saturated carbocycles. The molecule has 0 aromatic heterocycles. The minimum Gasteiger partial charge on any atom is -0.507 e. The zero-order chi connectivity index (χ0) is 22.8. The fraction of sp³-hybridized carbons (Fsp3) is 0.300. The maximum absolute atomic E-state index is 11.5. The van der Waals surface area contributed by atoms with Crippen LogP contribution in [0.1, 0.15) is 41.5 Å². The second kappa shape index (κ2) is 12.3. The number of halogens is 2. The van der Waals surface area contributed by atoms with Crippen molar-refractivity contribution in [2.45, 2.75) is 20.8 Å². The van der Waals surface area contributed by atoms with Crippen molar-refractivity contribution in [3.05, 3.63) is 44.3 Å². The van der Waals surface area contributed by atoms with Gasteiger partial charge in [-0.15, -0.1) is 0 Å². The first-order valence-corrected chi connectivity index (χ1v) is 10.5. The van der Waals surface area contributed by atoms with Crippen molar-refractivity contribution in [1.82, 2.24) is 0 Å². The number of ether oxygens (including phenoxy) is 3. The van der Waals surface area contributed by atoms with Crippen LogP contribution >= 0.6 is 31.9 Å². The van der Waals surface area contributed by atoms with Gasteiger partial charge in [0.05, 0.1) is 30.9 Å². The van der Waals surface area contributed by atoms with Gasteiger partial charge in [-0.1, -0.05) is 0 Å². The first kappa shape index (κ1) is 25.6. The van der Waals surface area contributed by atoms with E-state index in [4.69, 9.17) is 14.2 Å². The van der Waals surface area contributed by atoms with E-state index in [9.17, 15) is 24.9 Å². The van der Waals surface area contributed by atoms with E-state index in [2.05, 4.69) is 31.9 Å². The third-order valence-electron chi connectivity index (χ3n) is 3.38. The highest BCUT2D eigenvalue weighted by atomic mass is 79.9. The van der Waals surface area contributed by atoms with E-state index in [1.807, 2.05) is 6.92 Å². The molecular weight excluding hydrogens is 528 g/mol. The molecule has 2 rings (SSSR count). The molecule has 0 aliphatic rings. The van der Waals surface area contributed by atoms with Crippen LogP contribution in [0.5, 0.6) is 23.0 Å². The Hall–Kier alpha value is -2.46. The fourth-order valence-corrected chi connectivity index (χ4v) is 2.67. The number of phenolic OH excluding ortho intramolecular Hbond substituents is 3. The van der Waals surface area contributed by atoms with Crippen LogP contribution in [0.15, 0.2) is 33.2 Å². The average Bonchev–Trinajstić information content (AvgIpc) is 2.70. The van der Waals surface area contributed by atoms with Crippen LogP contribution in [0.3, 0.4) is 0 Å². The van der Waals surface area contributed by atoms with E-state index in [1.54, 1.807) is 13.8 Å². The number of hydrogen-bond donors (Lipinski definition) is 3. The Kier molecular flexibility index (Phi) is 10.5. The lowest BCUT2D eigenvalue weighted by atomic mass is 10.2. The molecule has 0 atom stereocenters. The third-order valence-corrected chi connectivity index (χ3v) is 4.99. The Morgan fingerprint density at radius 3 is 1.53 bits per heavy atom. The highest BCUT2D eigenvalue weighted by Crippen LogP contribution is 2.35. The number of benzene rings is 2. The summed E-state index contributed by atoms with van der Waals surface area (Å²) in [7, 11) is 0. The van der Waals surface area contributed by atoms with Crippen LogP contribution in [0.25, 0.3) is 0 Å². The second-order valence-corrected chi connectivity index (χ2v) is 7.10. The standard InChI is InChI=1S/C11H13BrO4.C9H9BrO4/c1-3-15-9-6-7(11(14)16-4-2)5-8(13)10(9)12;1-2-14-9(13)5-3-6(11)8(10)7(12)4-5/h5-6,13H,3-4H2,1-2H3;3-4,11-12H,2H2,1H3. The second-order valence-electron chi connectivity index (χ2n) is 5.51. The minimum atomic E-state index is -0.578. The molecular formula is C20H22Br2O8. The Morgan fingerprint density at radius 2 is 1.13 bits per heavy atom. The van der Waals surface area contributed by atoms with Crippen molar-refractivity contribution in [3.8, 4) is 23.0 Å². The largest absolute Gasteiger partial charge is 0.507 e. The number of aromatic hydroxyl groups is 3. The molecule has 2 aromatic carbocycles. The molecule has 0 saturated heterocycles. The van der Waals surface area contributed by atoms with E-state index in [0.29, 0.717) is 23.4 Å². The Bertz CT molecular complexity index is 876. The number of hydrogen-bond acceptors (Lipinski definition) is 8. The number of phenols is 3. The molecule has 0 spiro atoms. The molecule has 0 aliphatic heterocycles. The van der Waals surface area contributed by atoms with Gasteiger partial charge in [-0.05, 0) is 76.9 Å². The van der Waals surface area contributed by atoms with Crippen molar-refractivity contribution < 1.29 is 39.1 Å². The quantitative estimate of drug-likeness (QED) is 0.440. The Balaban J connectivity index is 0.000000303. The molecule has 0 radical (unpaired) electrons. The third kappa shape index (κ3) is 7.10. The van der Waals surface area contributed by atoms with Gasteiger partial charge in [0.15, 0.2) is 0 Å². The molecule has 30 heavy (non-hydrogen) atoms. The minimum absolute atomic E-state index is 0.0472. The van der Waals surface area contributed by atoms with Crippen LogP contribution in [0.4, 0.5) is 0 Å². The van der Waals surface area contributed by atoms with Gasteiger partial charge >= 0.3 is 11.9 Å². The summed E-state index contributed by atoms with van der Waals surface area (Å²) in [6.45, 7) is 6.21. The van der Waals surface area contributed by atoms with Crippen molar-refractivity contribution in [1.29, 1.82) is 0 Å². The Labute approximate surface area is 190 Å². The number of rotatable bonds is 6. The highest BCUT2D eigenvalue weighted by Gasteiger charge is 2.15. The van der Waals surface area contributed by atoms with Gasteiger partial charge in [-0.2, -0.15) is 0 Å². The molecule has 0 bridgehead atoms. The molecule has 0 fully saturated rings. The van der Waals surface area contributed by atoms with Gasteiger partial charge in [0.2, 0.25) is 0 Å². The number of carbonyl (C=O) groups excluding carboxylic acids is 2. The van der Waals surface area contributed by atoms with Crippen LogP contribution in [0, 0.1) is 0 Å². The summed E-state index contributed by atoms with van der Waals surface area (Å²) in [5.74, 6) is -1.09. The smallest absolute Gasteiger partial charge is 0.338 e. The summed E-state index contributed by atoms with van der Waals surface area (Å²) in [6, 6.07) is 5.32. The van der Waals surface area contributed by atoms with Crippen LogP contribution in [-0.2, 0) is 9.47 Å². The molecule has 10 heteroatoms.